The molecule has 1 saturated carbocycles. The fourth-order valence-corrected chi connectivity index (χ4v) is 2.84. The molecule has 0 spiro atoms. The van der Waals surface area contributed by atoms with E-state index >= 15 is 0 Å². The van der Waals surface area contributed by atoms with Crippen LogP contribution in [0.5, 0.6) is 0 Å². The molecule has 1 aromatic carbocycles. The maximum absolute atomic E-state index is 13.0. The van der Waals surface area contributed by atoms with E-state index in [9.17, 15) is 18.0 Å². The Morgan fingerprint density at radius 2 is 2.08 bits per heavy atom. The van der Waals surface area contributed by atoms with Crippen molar-refractivity contribution in [3.05, 3.63) is 47.3 Å². The van der Waals surface area contributed by atoms with Crippen molar-refractivity contribution in [2.45, 2.75) is 31.9 Å². The average Bonchev–Trinajstić information content (AvgIpc) is 3.36. The molecule has 0 atom stereocenters. The number of aromatic nitrogens is 2. The summed E-state index contributed by atoms with van der Waals surface area (Å²) in [6.07, 6.45) is -1.17. The normalized spacial score (nSPS) is 14.5. The number of halogens is 3. The lowest BCUT2D eigenvalue weighted by atomic mass is 10.1. The van der Waals surface area contributed by atoms with E-state index in [2.05, 4.69) is 15.7 Å². The van der Waals surface area contributed by atoms with Gasteiger partial charge in [0, 0.05) is 19.0 Å². The molecule has 0 saturated heterocycles. The number of hydrogen-bond acceptors (Lipinski definition) is 3. The van der Waals surface area contributed by atoms with E-state index in [-0.39, 0.29) is 11.8 Å². The summed E-state index contributed by atoms with van der Waals surface area (Å²) in [5, 5.41) is 10.1. The van der Waals surface area contributed by atoms with Gasteiger partial charge in [0.15, 0.2) is 0 Å². The Hall–Kier alpha value is -2.35. The minimum absolute atomic E-state index is 0.154. The minimum atomic E-state index is -4.42. The third kappa shape index (κ3) is 4.07. The molecule has 0 radical (unpaired) electrons. The zero-order valence-corrected chi connectivity index (χ0v) is 14.4. The summed E-state index contributed by atoms with van der Waals surface area (Å²) in [7, 11) is 0. The minimum Gasteiger partial charge on any atom is -0.351 e. The van der Waals surface area contributed by atoms with Crippen LogP contribution >= 0.6 is 0 Å². The Balaban J connectivity index is 1.88. The van der Waals surface area contributed by atoms with Gasteiger partial charge < -0.3 is 10.6 Å². The van der Waals surface area contributed by atoms with Crippen molar-refractivity contribution < 1.29 is 18.0 Å². The predicted octanol–water partition coefficient (Wildman–Crippen LogP) is 3.11. The average molecular weight is 366 g/mol. The van der Waals surface area contributed by atoms with Gasteiger partial charge in [-0.15, -0.1) is 0 Å². The lowest BCUT2D eigenvalue weighted by Crippen LogP contribution is -2.32. The van der Waals surface area contributed by atoms with Gasteiger partial charge >= 0.3 is 6.18 Å². The highest BCUT2D eigenvalue weighted by molar-refractivity contribution is 5.95. The summed E-state index contributed by atoms with van der Waals surface area (Å²) in [4.78, 5) is 12.5. The molecule has 3 rings (SSSR count). The van der Waals surface area contributed by atoms with Gasteiger partial charge in [0.25, 0.3) is 5.91 Å². The lowest BCUT2D eigenvalue weighted by Gasteiger charge is -2.12. The maximum atomic E-state index is 13.0. The SMILES string of the molecule is CCNCCNC(=O)c1cnn(-c2cccc(C(F)(F)F)c2)c1C1CC1. The van der Waals surface area contributed by atoms with Crippen LogP contribution in [0.1, 0.15) is 47.3 Å². The third-order valence-corrected chi connectivity index (χ3v) is 4.27. The number of rotatable bonds is 7. The molecular weight excluding hydrogens is 345 g/mol. The Kier molecular flexibility index (Phi) is 5.31. The van der Waals surface area contributed by atoms with Gasteiger partial charge in [-0.1, -0.05) is 13.0 Å². The van der Waals surface area contributed by atoms with E-state index in [1.807, 2.05) is 6.92 Å². The van der Waals surface area contributed by atoms with E-state index in [4.69, 9.17) is 0 Å². The summed E-state index contributed by atoms with van der Waals surface area (Å²) < 4.78 is 40.4. The molecule has 2 aromatic rings. The van der Waals surface area contributed by atoms with Crippen LogP contribution in [0.4, 0.5) is 13.2 Å². The molecule has 1 aliphatic carbocycles. The summed E-state index contributed by atoms with van der Waals surface area (Å²) in [5.41, 5.74) is 0.698. The van der Waals surface area contributed by atoms with E-state index < -0.39 is 11.7 Å². The molecule has 26 heavy (non-hydrogen) atoms. The predicted molar refractivity (Wildman–Crippen MR) is 91.4 cm³/mol. The Morgan fingerprint density at radius 3 is 2.73 bits per heavy atom. The number of amides is 1. The molecule has 1 aromatic heterocycles. The van der Waals surface area contributed by atoms with Crippen molar-refractivity contribution in [3.63, 3.8) is 0 Å². The highest BCUT2D eigenvalue weighted by Crippen LogP contribution is 2.42. The molecule has 1 amide bonds. The molecule has 1 aliphatic rings. The van der Waals surface area contributed by atoms with Gasteiger partial charge in [-0.05, 0) is 37.6 Å². The molecule has 140 valence electrons. The van der Waals surface area contributed by atoms with Crippen molar-refractivity contribution in [1.29, 1.82) is 0 Å². The van der Waals surface area contributed by atoms with E-state index in [0.717, 1.165) is 31.5 Å². The summed E-state index contributed by atoms with van der Waals surface area (Å²) in [5.74, 6) is -0.0930. The van der Waals surface area contributed by atoms with E-state index in [0.29, 0.717) is 30.0 Å². The van der Waals surface area contributed by atoms with Gasteiger partial charge in [0.1, 0.15) is 0 Å². The van der Waals surface area contributed by atoms with Gasteiger partial charge in [0.2, 0.25) is 0 Å². The fourth-order valence-electron chi connectivity index (χ4n) is 2.84. The number of carbonyl (C=O) groups excluding carboxylic acids is 1. The van der Waals surface area contributed by atoms with Crippen LogP contribution in [0.3, 0.4) is 0 Å². The first-order valence-corrected chi connectivity index (χ1v) is 8.66. The molecule has 2 N–H and O–H groups in total. The van der Waals surface area contributed by atoms with E-state index in [1.54, 1.807) is 6.07 Å². The van der Waals surface area contributed by atoms with Gasteiger partial charge in [-0.25, -0.2) is 4.68 Å². The molecule has 0 aliphatic heterocycles. The van der Waals surface area contributed by atoms with Crippen LogP contribution in [0.25, 0.3) is 5.69 Å². The number of hydrogen-bond donors (Lipinski definition) is 2. The first kappa shape index (κ1) is 18.4. The van der Waals surface area contributed by atoms with Crippen LogP contribution in [-0.4, -0.2) is 35.3 Å². The first-order valence-electron chi connectivity index (χ1n) is 8.66. The summed E-state index contributed by atoms with van der Waals surface area (Å²) in [6.45, 7) is 3.93. The highest BCUT2D eigenvalue weighted by Gasteiger charge is 2.34. The topological polar surface area (TPSA) is 58.9 Å². The van der Waals surface area contributed by atoms with Crippen molar-refractivity contribution in [2.75, 3.05) is 19.6 Å². The number of nitrogens with zero attached hydrogens (tertiary/aromatic N) is 2. The quantitative estimate of drug-likeness (QED) is 0.741. The Bertz CT molecular complexity index is 781. The second kappa shape index (κ2) is 7.49. The molecule has 0 unspecified atom stereocenters. The van der Waals surface area contributed by atoms with Crippen molar-refractivity contribution in [1.82, 2.24) is 20.4 Å². The van der Waals surface area contributed by atoms with E-state index in [1.165, 1.54) is 16.9 Å². The molecule has 1 fully saturated rings. The monoisotopic (exact) mass is 366 g/mol. The first-order chi connectivity index (χ1) is 12.4. The number of alkyl halides is 3. The zero-order chi connectivity index (χ0) is 18.7. The van der Waals surface area contributed by atoms with Crippen LogP contribution in [-0.2, 0) is 6.18 Å². The molecule has 5 nitrogen and oxygen atoms in total. The van der Waals surface area contributed by atoms with Gasteiger partial charge in [-0.3, -0.25) is 4.79 Å². The number of carbonyl (C=O) groups is 1. The Labute approximate surface area is 149 Å². The van der Waals surface area contributed by atoms with Crippen LogP contribution in [0.15, 0.2) is 30.5 Å². The second-order valence-electron chi connectivity index (χ2n) is 6.29. The zero-order valence-electron chi connectivity index (χ0n) is 14.4. The maximum Gasteiger partial charge on any atom is 0.416 e. The Morgan fingerprint density at radius 1 is 1.31 bits per heavy atom. The van der Waals surface area contributed by atoms with Crippen molar-refractivity contribution in [3.8, 4) is 5.69 Å². The number of likely N-dealkylation sites (N-methyl/N-ethyl adjacent to an activating group) is 1. The standard InChI is InChI=1S/C18H21F3N4O/c1-2-22-8-9-23-17(26)15-11-24-25(16(15)12-6-7-12)14-5-3-4-13(10-14)18(19,20)21/h3-5,10-12,22H,2,6-9H2,1H3,(H,23,26). The fraction of sp³-hybridized carbons (Fsp3) is 0.444. The van der Waals surface area contributed by atoms with Crippen molar-refractivity contribution in [2.24, 2.45) is 0 Å². The molecule has 8 heteroatoms. The molecule has 1 heterocycles. The van der Waals surface area contributed by atoms with Crippen LogP contribution in [0.2, 0.25) is 0 Å². The van der Waals surface area contributed by atoms with Gasteiger partial charge in [-0.2, -0.15) is 18.3 Å². The smallest absolute Gasteiger partial charge is 0.351 e. The highest BCUT2D eigenvalue weighted by atomic mass is 19.4. The van der Waals surface area contributed by atoms with Gasteiger partial charge in [0.05, 0.1) is 28.7 Å². The largest absolute Gasteiger partial charge is 0.416 e. The lowest BCUT2D eigenvalue weighted by molar-refractivity contribution is -0.137. The van der Waals surface area contributed by atoms with Crippen LogP contribution < -0.4 is 10.6 Å². The van der Waals surface area contributed by atoms with Crippen LogP contribution in [0, 0.1) is 0 Å². The van der Waals surface area contributed by atoms with Crippen molar-refractivity contribution >= 4 is 5.91 Å². The third-order valence-electron chi connectivity index (χ3n) is 4.27. The summed E-state index contributed by atoms with van der Waals surface area (Å²) >= 11 is 0. The molecular formula is C18H21F3N4O. The molecule has 0 bridgehead atoms. The summed E-state index contributed by atoms with van der Waals surface area (Å²) in [6, 6.07) is 5.01. The number of nitrogens with one attached hydrogen (secondary N) is 2. The number of benzene rings is 1. The second-order valence-corrected chi connectivity index (χ2v) is 6.29.